The molecule has 21 heavy (non-hydrogen) atoms. The lowest BCUT2D eigenvalue weighted by atomic mass is 10.1. The zero-order valence-electron chi connectivity index (χ0n) is 12.5. The van der Waals surface area contributed by atoms with Crippen LogP contribution in [0.1, 0.15) is 20.3 Å². The van der Waals surface area contributed by atoms with Crippen LogP contribution in [0, 0.1) is 0 Å². The van der Waals surface area contributed by atoms with E-state index in [4.69, 9.17) is 17.3 Å². The van der Waals surface area contributed by atoms with Crippen LogP contribution in [0.5, 0.6) is 0 Å². The number of carbonyl (C=O) groups is 1. The zero-order chi connectivity index (χ0) is 15.5. The van der Waals surface area contributed by atoms with Crippen LogP contribution in [0.2, 0.25) is 5.02 Å². The summed E-state index contributed by atoms with van der Waals surface area (Å²) in [6, 6.07) is 5.08. The zero-order valence-corrected chi connectivity index (χ0v) is 14.1. The number of nitrogens with zero attached hydrogens (tertiary/aromatic N) is 1. The molecule has 0 atom stereocenters. The average molecular weight is 328 g/mol. The number of hydrogen-bond acceptors (Lipinski definition) is 4. The van der Waals surface area contributed by atoms with Gasteiger partial charge in [-0.15, -0.1) is 0 Å². The molecule has 6 heteroatoms. The minimum Gasteiger partial charge on any atom is -0.397 e. The standard InChI is InChI=1S/C15H22ClN3OS/c1-15(2)5-6-19(7-8-21-15)10-14(20)18-13-9-11(16)3-4-12(13)17/h3-4,9H,5-8,10,17H2,1-2H3,(H,18,20). The summed E-state index contributed by atoms with van der Waals surface area (Å²) >= 11 is 7.89. The van der Waals surface area contributed by atoms with Gasteiger partial charge in [0.15, 0.2) is 0 Å². The Labute approximate surface area is 135 Å². The summed E-state index contributed by atoms with van der Waals surface area (Å²) in [5.74, 6) is 1.01. The van der Waals surface area contributed by atoms with Crippen LogP contribution in [0.3, 0.4) is 0 Å². The highest BCUT2D eigenvalue weighted by Crippen LogP contribution is 2.30. The van der Waals surface area contributed by atoms with Gasteiger partial charge in [0.25, 0.3) is 0 Å². The maximum atomic E-state index is 12.2. The minimum atomic E-state index is -0.0475. The molecule has 116 valence electrons. The molecule has 0 bridgehead atoms. The average Bonchev–Trinajstić information content (AvgIpc) is 2.55. The van der Waals surface area contributed by atoms with E-state index >= 15 is 0 Å². The van der Waals surface area contributed by atoms with Crippen LogP contribution in [-0.2, 0) is 4.79 Å². The van der Waals surface area contributed by atoms with Gasteiger partial charge in [0.2, 0.25) is 5.91 Å². The second-order valence-electron chi connectivity index (χ2n) is 5.91. The third-order valence-corrected chi connectivity index (χ3v) is 5.19. The molecule has 1 amide bonds. The Bertz CT molecular complexity index is 522. The van der Waals surface area contributed by atoms with E-state index in [1.807, 2.05) is 11.8 Å². The van der Waals surface area contributed by atoms with Crippen LogP contribution in [0.15, 0.2) is 18.2 Å². The third-order valence-electron chi connectivity index (χ3n) is 3.59. The predicted octanol–water partition coefficient (Wildman–Crippen LogP) is 3.08. The van der Waals surface area contributed by atoms with E-state index in [1.165, 1.54) is 0 Å². The first-order valence-electron chi connectivity index (χ1n) is 7.07. The molecule has 2 rings (SSSR count). The topological polar surface area (TPSA) is 58.4 Å². The summed E-state index contributed by atoms with van der Waals surface area (Å²) in [5, 5.41) is 3.41. The first kappa shape index (κ1) is 16.5. The Balaban J connectivity index is 1.91. The van der Waals surface area contributed by atoms with Gasteiger partial charge in [0.05, 0.1) is 17.9 Å². The molecule has 0 aliphatic carbocycles. The number of amides is 1. The van der Waals surface area contributed by atoms with E-state index in [2.05, 4.69) is 24.1 Å². The summed E-state index contributed by atoms with van der Waals surface area (Å²) in [4.78, 5) is 14.4. The number of rotatable bonds is 3. The lowest BCUT2D eigenvalue weighted by Gasteiger charge is -2.22. The Morgan fingerprint density at radius 1 is 1.48 bits per heavy atom. The van der Waals surface area contributed by atoms with Crippen molar-refractivity contribution in [3.63, 3.8) is 0 Å². The van der Waals surface area contributed by atoms with Crippen molar-refractivity contribution in [2.75, 3.05) is 36.4 Å². The van der Waals surface area contributed by atoms with Crippen molar-refractivity contribution in [3.8, 4) is 0 Å². The molecule has 3 N–H and O–H groups in total. The monoisotopic (exact) mass is 327 g/mol. The molecular weight excluding hydrogens is 306 g/mol. The first-order chi connectivity index (χ1) is 9.85. The highest BCUT2D eigenvalue weighted by molar-refractivity contribution is 8.00. The van der Waals surface area contributed by atoms with Crippen LogP contribution in [-0.4, -0.2) is 40.9 Å². The van der Waals surface area contributed by atoms with Crippen molar-refractivity contribution in [1.29, 1.82) is 0 Å². The maximum absolute atomic E-state index is 12.2. The van der Waals surface area contributed by atoms with Crippen LogP contribution >= 0.6 is 23.4 Å². The molecule has 0 saturated carbocycles. The molecule has 0 spiro atoms. The molecule has 0 radical (unpaired) electrons. The number of benzene rings is 1. The van der Waals surface area contributed by atoms with E-state index in [0.29, 0.717) is 27.7 Å². The Morgan fingerprint density at radius 2 is 2.24 bits per heavy atom. The van der Waals surface area contributed by atoms with E-state index in [1.54, 1.807) is 18.2 Å². The fourth-order valence-corrected chi connectivity index (χ4v) is 3.56. The third kappa shape index (κ3) is 5.09. The number of anilines is 2. The van der Waals surface area contributed by atoms with Crippen molar-refractivity contribution in [2.45, 2.75) is 25.0 Å². The number of nitrogens with two attached hydrogens (primary N) is 1. The lowest BCUT2D eigenvalue weighted by Crippen LogP contribution is -2.35. The van der Waals surface area contributed by atoms with Gasteiger partial charge in [-0.2, -0.15) is 11.8 Å². The van der Waals surface area contributed by atoms with Gasteiger partial charge in [-0.25, -0.2) is 0 Å². The van der Waals surface area contributed by atoms with Crippen molar-refractivity contribution in [1.82, 2.24) is 4.90 Å². The summed E-state index contributed by atoms with van der Waals surface area (Å²) < 4.78 is 0.294. The highest BCUT2D eigenvalue weighted by atomic mass is 35.5. The van der Waals surface area contributed by atoms with Crippen molar-refractivity contribution in [2.24, 2.45) is 0 Å². The van der Waals surface area contributed by atoms with E-state index < -0.39 is 0 Å². The Hall–Kier alpha value is -0.910. The second-order valence-corrected chi connectivity index (χ2v) is 8.15. The van der Waals surface area contributed by atoms with Crippen molar-refractivity contribution < 1.29 is 4.79 Å². The molecule has 1 aromatic rings. The van der Waals surface area contributed by atoms with E-state index in [0.717, 1.165) is 25.3 Å². The predicted molar refractivity (Wildman–Crippen MR) is 92.1 cm³/mol. The van der Waals surface area contributed by atoms with Gasteiger partial charge in [-0.1, -0.05) is 25.4 Å². The second kappa shape index (κ2) is 6.90. The van der Waals surface area contributed by atoms with Crippen molar-refractivity contribution >= 4 is 40.6 Å². The Morgan fingerprint density at radius 3 is 3.00 bits per heavy atom. The molecule has 0 unspecified atom stereocenters. The SMILES string of the molecule is CC1(C)CCN(CC(=O)Nc2cc(Cl)ccc2N)CCS1. The number of nitrogen functional groups attached to an aromatic ring is 1. The molecule has 1 saturated heterocycles. The van der Waals surface area contributed by atoms with Gasteiger partial charge in [0.1, 0.15) is 0 Å². The van der Waals surface area contributed by atoms with Gasteiger partial charge in [-0.05, 0) is 24.6 Å². The molecule has 1 fully saturated rings. The lowest BCUT2D eigenvalue weighted by molar-refractivity contribution is -0.117. The summed E-state index contributed by atoms with van der Waals surface area (Å²) in [6.45, 7) is 6.79. The van der Waals surface area contributed by atoms with Gasteiger partial charge in [-0.3, -0.25) is 9.69 Å². The maximum Gasteiger partial charge on any atom is 0.238 e. The van der Waals surface area contributed by atoms with Crippen LogP contribution < -0.4 is 11.1 Å². The molecule has 1 aromatic carbocycles. The van der Waals surface area contributed by atoms with E-state index in [9.17, 15) is 4.79 Å². The quantitative estimate of drug-likeness (QED) is 0.838. The normalized spacial score (nSPS) is 19.0. The van der Waals surface area contributed by atoms with Gasteiger partial charge < -0.3 is 11.1 Å². The molecular formula is C15H22ClN3OS. The van der Waals surface area contributed by atoms with Gasteiger partial charge >= 0.3 is 0 Å². The minimum absolute atomic E-state index is 0.0475. The van der Waals surface area contributed by atoms with Crippen LogP contribution in [0.25, 0.3) is 0 Å². The number of thioether (sulfide) groups is 1. The van der Waals surface area contributed by atoms with Crippen LogP contribution in [0.4, 0.5) is 11.4 Å². The smallest absolute Gasteiger partial charge is 0.238 e. The largest absolute Gasteiger partial charge is 0.397 e. The molecule has 1 aliphatic heterocycles. The van der Waals surface area contributed by atoms with E-state index in [-0.39, 0.29) is 5.91 Å². The molecule has 4 nitrogen and oxygen atoms in total. The molecule has 0 aromatic heterocycles. The molecule has 1 heterocycles. The Kier molecular flexibility index (Phi) is 5.41. The highest BCUT2D eigenvalue weighted by Gasteiger charge is 2.24. The number of hydrogen-bond donors (Lipinski definition) is 2. The number of carbonyl (C=O) groups excluding carboxylic acids is 1. The fraction of sp³-hybridized carbons (Fsp3) is 0.533. The van der Waals surface area contributed by atoms with Crippen molar-refractivity contribution in [3.05, 3.63) is 23.2 Å². The summed E-state index contributed by atoms with van der Waals surface area (Å²) in [6.07, 6.45) is 1.09. The number of halogens is 1. The van der Waals surface area contributed by atoms with Gasteiger partial charge in [0, 0.05) is 28.6 Å². The molecule has 1 aliphatic rings. The number of nitrogens with one attached hydrogen (secondary N) is 1. The first-order valence-corrected chi connectivity index (χ1v) is 8.43. The summed E-state index contributed by atoms with van der Waals surface area (Å²) in [7, 11) is 0. The fourth-order valence-electron chi connectivity index (χ4n) is 2.25. The summed E-state index contributed by atoms with van der Waals surface area (Å²) in [5.41, 5.74) is 6.95.